The molecule has 0 atom stereocenters. The smallest absolute Gasteiger partial charge is 0.0775 e. The molecular formula is C12H14S. The summed E-state index contributed by atoms with van der Waals surface area (Å²) in [6.45, 7) is 10.1. The molecule has 0 N–H and O–H groups in total. The van der Waals surface area contributed by atoms with E-state index in [-0.39, 0.29) is 5.41 Å². The molecule has 0 unspecified atom stereocenters. The summed E-state index contributed by atoms with van der Waals surface area (Å²) >= 11 is 1.68. The molecule has 13 heavy (non-hydrogen) atoms. The average Bonchev–Trinajstić information content (AvgIpc) is 2.47. The van der Waals surface area contributed by atoms with Gasteiger partial charge in [0.2, 0.25) is 0 Å². The van der Waals surface area contributed by atoms with Crippen LogP contribution in [-0.4, -0.2) is 0 Å². The highest BCUT2D eigenvalue weighted by Gasteiger charge is 2.03. The third kappa shape index (κ3) is 3.48. The Bertz CT molecular complexity index is 352. The van der Waals surface area contributed by atoms with E-state index in [1.54, 1.807) is 11.3 Å². The van der Waals surface area contributed by atoms with Gasteiger partial charge in [0.15, 0.2) is 0 Å². The fourth-order valence-corrected chi connectivity index (χ4v) is 1.49. The molecule has 0 saturated heterocycles. The Labute approximate surface area is 84.3 Å². The van der Waals surface area contributed by atoms with E-state index in [1.807, 2.05) is 18.2 Å². The van der Waals surface area contributed by atoms with Gasteiger partial charge in [-0.3, -0.25) is 0 Å². The van der Waals surface area contributed by atoms with Crippen LogP contribution in [0.5, 0.6) is 0 Å². The number of hydrogen-bond acceptors (Lipinski definition) is 1. The maximum Gasteiger partial charge on any atom is 0.0775 e. The monoisotopic (exact) mass is 190 g/mol. The second-order valence-corrected chi connectivity index (χ2v) is 5.02. The van der Waals surface area contributed by atoms with Crippen molar-refractivity contribution in [2.24, 2.45) is 5.41 Å². The van der Waals surface area contributed by atoms with Gasteiger partial charge in [-0.25, -0.2) is 0 Å². The molecule has 0 radical (unpaired) electrons. The zero-order chi connectivity index (χ0) is 9.90. The molecule has 0 aliphatic rings. The first-order chi connectivity index (χ1) is 6.01. The second-order valence-electron chi connectivity index (χ2n) is 3.91. The van der Waals surface area contributed by atoms with Crippen molar-refractivity contribution in [1.29, 1.82) is 0 Å². The van der Waals surface area contributed by atoms with Crippen LogP contribution in [0.4, 0.5) is 0 Å². The van der Waals surface area contributed by atoms with E-state index in [0.29, 0.717) is 0 Å². The Morgan fingerprint density at radius 2 is 2.08 bits per heavy atom. The van der Waals surface area contributed by atoms with Crippen LogP contribution < -0.4 is 0 Å². The summed E-state index contributed by atoms with van der Waals surface area (Å²) in [5.41, 5.74) is 0.0817. The molecule has 0 aliphatic heterocycles. The van der Waals surface area contributed by atoms with E-state index in [2.05, 4.69) is 39.2 Å². The largest absolute Gasteiger partial charge is 0.127 e. The van der Waals surface area contributed by atoms with Crippen molar-refractivity contribution < 1.29 is 0 Å². The molecule has 0 fully saturated rings. The van der Waals surface area contributed by atoms with E-state index in [0.717, 1.165) is 4.88 Å². The van der Waals surface area contributed by atoms with E-state index >= 15 is 0 Å². The summed E-state index contributed by atoms with van der Waals surface area (Å²) in [5, 5.41) is 0. The lowest BCUT2D eigenvalue weighted by Crippen LogP contribution is -1.98. The summed E-state index contributed by atoms with van der Waals surface area (Å²) in [4.78, 5) is 2.29. The molecular weight excluding hydrogens is 176 g/mol. The van der Waals surface area contributed by atoms with Crippen LogP contribution in [0.25, 0.3) is 6.08 Å². The molecule has 1 aromatic rings. The molecule has 0 amide bonds. The minimum absolute atomic E-state index is 0.0817. The molecule has 0 spiro atoms. The minimum Gasteiger partial charge on any atom is -0.127 e. The highest BCUT2D eigenvalue weighted by atomic mass is 32.1. The van der Waals surface area contributed by atoms with Gasteiger partial charge in [0.25, 0.3) is 0 Å². The van der Waals surface area contributed by atoms with Crippen molar-refractivity contribution >= 4 is 17.4 Å². The van der Waals surface area contributed by atoms with Gasteiger partial charge in [-0.15, -0.1) is 11.3 Å². The van der Waals surface area contributed by atoms with Crippen LogP contribution in [-0.2, 0) is 0 Å². The van der Waals surface area contributed by atoms with Crippen LogP contribution in [0.15, 0.2) is 18.7 Å². The molecule has 1 heterocycles. The predicted octanol–water partition coefficient (Wildman–Crippen LogP) is 3.79. The van der Waals surface area contributed by atoms with Gasteiger partial charge in [0.1, 0.15) is 0 Å². The topological polar surface area (TPSA) is 0 Å². The number of rotatable bonds is 1. The number of thiophene rings is 1. The highest BCUT2D eigenvalue weighted by molar-refractivity contribution is 7.13. The van der Waals surface area contributed by atoms with Gasteiger partial charge < -0.3 is 0 Å². The molecule has 0 saturated carbocycles. The molecule has 0 aromatic carbocycles. The predicted molar refractivity (Wildman–Crippen MR) is 60.7 cm³/mol. The van der Waals surface area contributed by atoms with Gasteiger partial charge in [-0.2, -0.15) is 0 Å². The fraction of sp³-hybridized carbons (Fsp3) is 0.333. The van der Waals surface area contributed by atoms with Gasteiger partial charge in [-0.05, 0) is 32.9 Å². The first kappa shape index (κ1) is 10.1. The van der Waals surface area contributed by atoms with Gasteiger partial charge in [-0.1, -0.05) is 24.5 Å². The van der Waals surface area contributed by atoms with E-state index in [4.69, 9.17) is 0 Å². The molecule has 68 valence electrons. The van der Waals surface area contributed by atoms with Crippen molar-refractivity contribution in [2.45, 2.75) is 20.8 Å². The fourth-order valence-electron chi connectivity index (χ4n) is 0.779. The standard InChI is InChI=1S/C12H14S/c1-5-10-6-7-11(13-10)8-9-12(2,3)4/h5-7H,1H2,2-4H3. The zero-order valence-corrected chi connectivity index (χ0v) is 9.16. The second kappa shape index (κ2) is 3.81. The van der Waals surface area contributed by atoms with Crippen molar-refractivity contribution in [2.75, 3.05) is 0 Å². The zero-order valence-electron chi connectivity index (χ0n) is 8.35. The molecule has 0 aliphatic carbocycles. The first-order valence-corrected chi connectivity index (χ1v) is 5.08. The van der Waals surface area contributed by atoms with E-state index in [9.17, 15) is 0 Å². The van der Waals surface area contributed by atoms with Crippen molar-refractivity contribution in [3.63, 3.8) is 0 Å². The lowest BCUT2D eigenvalue weighted by atomic mass is 9.98. The quantitative estimate of drug-likeness (QED) is 0.591. The van der Waals surface area contributed by atoms with Crippen molar-refractivity contribution in [3.8, 4) is 11.8 Å². The summed E-state index contributed by atoms with van der Waals surface area (Å²) in [5.74, 6) is 6.36. The van der Waals surface area contributed by atoms with E-state index < -0.39 is 0 Å². The van der Waals surface area contributed by atoms with Crippen LogP contribution in [0.1, 0.15) is 30.5 Å². The molecule has 1 heteroatoms. The Balaban J connectivity index is 2.84. The van der Waals surface area contributed by atoms with Crippen LogP contribution in [0, 0.1) is 17.3 Å². The maximum absolute atomic E-state index is 3.72. The van der Waals surface area contributed by atoms with Crippen LogP contribution in [0.2, 0.25) is 0 Å². The first-order valence-electron chi connectivity index (χ1n) is 4.27. The Kier molecular flexibility index (Phi) is 2.95. The van der Waals surface area contributed by atoms with Gasteiger partial charge in [0, 0.05) is 10.3 Å². The summed E-state index contributed by atoms with van der Waals surface area (Å²) in [6.07, 6.45) is 1.85. The average molecular weight is 190 g/mol. The van der Waals surface area contributed by atoms with E-state index in [1.165, 1.54) is 4.88 Å². The molecule has 0 nitrogen and oxygen atoms in total. The Hall–Kier alpha value is -1.00. The van der Waals surface area contributed by atoms with Gasteiger partial charge in [0.05, 0.1) is 4.88 Å². The highest BCUT2D eigenvalue weighted by Crippen LogP contribution is 2.17. The summed E-state index contributed by atoms with van der Waals surface area (Å²) < 4.78 is 0. The summed E-state index contributed by atoms with van der Waals surface area (Å²) in [6, 6.07) is 4.09. The molecule has 1 aromatic heterocycles. The molecule has 1 rings (SSSR count). The third-order valence-corrected chi connectivity index (χ3v) is 2.39. The SMILES string of the molecule is C=Cc1ccc(C#CC(C)(C)C)s1. The van der Waals surface area contributed by atoms with Crippen LogP contribution in [0.3, 0.4) is 0 Å². The Morgan fingerprint density at radius 1 is 1.38 bits per heavy atom. The van der Waals surface area contributed by atoms with Crippen molar-refractivity contribution in [1.82, 2.24) is 0 Å². The van der Waals surface area contributed by atoms with Gasteiger partial charge >= 0.3 is 0 Å². The minimum atomic E-state index is 0.0817. The molecule has 0 bridgehead atoms. The van der Waals surface area contributed by atoms with Crippen LogP contribution >= 0.6 is 11.3 Å². The van der Waals surface area contributed by atoms with Crippen molar-refractivity contribution in [3.05, 3.63) is 28.5 Å². The number of hydrogen-bond donors (Lipinski definition) is 0. The normalized spacial score (nSPS) is 10.4. The lowest BCUT2D eigenvalue weighted by Gasteiger charge is -2.06. The third-order valence-electron chi connectivity index (χ3n) is 1.39. The lowest BCUT2D eigenvalue weighted by molar-refractivity contribution is 0.571. The maximum atomic E-state index is 3.72. The Morgan fingerprint density at radius 3 is 2.54 bits per heavy atom. The summed E-state index contributed by atoms with van der Waals surface area (Å²) in [7, 11) is 0.